The predicted molar refractivity (Wildman–Crippen MR) is 93.1 cm³/mol. The zero-order valence-electron chi connectivity index (χ0n) is 14.5. The van der Waals surface area contributed by atoms with Crippen molar-refractivity contribution in [2.24, 2.45) is 0 Å². The third-order valence-electron chi connectivity index (χ3n) is 3.89. The highest BCUT2D eigenvalue weighted by molar-refractivity contribution is 5.89. The number of hydrogen-bond donors (Lipinski definition) is 1. The minimum absolute atomic E-state index is 0.149. The molecule has 2 heterocycles. The van der Waals surface area contributed by atoms with E-state index in [1.165, 1.54) is 16.3 Å². The average molecular weight is 359 g/mol. The predicted octanol–water partition coefficient (Wildman–Crippen LogP) is 3.32. The summed E-state index contributed by atoms with van der Waals surface area (Å²) in [5, 5.41) is 10.7. The van der Waals surface area contributed by atoms with E-state index in [0.717, 1.165) is 5.56 Å². The van der Waals surface area contributed by atoms with Crippen LogP contribution in [0.4, 0.5) is 14.6 Å². The highest BCUT2D eigenvalue weighted by Crippen LogP contribution is 2.18. The topological polar surface area (TPSA) is 64.7 Å². The molecule has 1 N–H and O–H groups in total. The van der Waals surface area contributed by atoms with Crippen LogP contribution in [0.25, 0.3) is 0 Å². The molecule has 0 aliphatic heterocycles. The van der Waals surface area contributed by atoms with Crippen LogP contribution >= 0.6 is 0 Å². The van der Waals surface area contributed by atoms with E-state index in [2.05, 4.69) is 15.5 Å². The largest absolute Gasteiger partial charge is 0.308 e. The van der Waals surface area contributed by atoms with Crippen molar-refractivity contribution in [2.45, 2.75) is 33.4 Å². The molecule has 1 aromatic carbocycles. The number of anilines is 1. The highest BCUT2D eigenvalue weighted by Gasteiger charge is 2.15. The molecule has 0 spiro atoms. The molecular weight excluding hydrogens is 340 g/mol. The summed E-state index contributed by atoms with van der Waals surface area (Å²) in [5.41, 5.74) is 2.45. The van der Waals surface area contributed by atoms with E-state index in [4.69, 9.17) is 0 Å². The Kier molecular flexibility index (Phi) is 5.11. The molecule has 3 aromatic rings. The molecule has 3 rings (SSSR count). The van der Waals surface area contributed by atoms with Gasteiger partial charge in [0, 0.05) is 18.0 Å². The number of carbonyl (C=O) groups is 1. The lowest BCUT2D eigenvalue weighted by Gasteiger charge is -2.05. The Labute approximate surface area is 149 Å². The number of halogens is 2. The highest BCUT2D eigenvalue weighted by atomic mass is 19.3. The van der Waals surface area contributed by atoms with Crippen LogP contribution in [0.15, 0.2) is 42.6 Å². The Morgan fingerprint density at radius 2 is 1.88 bits per heavy atom. The Hall–Kier alpha value is -3.03. The van der Waals surface area contributed by atoms with Gasteiger partial charge in [-0.15, -0.1) is 0 Å². The molecule has 1 amide bonds. The zero-order chi connectivity index (χ0) is 18.7. The molecule has 2 aromatic heterocycles. The van der Waals surface area contributed by atoms with Gasteiger partial charge in [0.1, 0.15) is 12.2 Å². The first-order valence-corrected chi connectivity index (χ1v) is 8.12. The maximum absolute atomic E-state index is 12.7. The van der Waals surface area contributed by atoms with Crippen LogP contribution in [0.1, 0.15) is 28.9 Å². The van der Waals surface area contributed by atoms with Crippen molar-refractivity contribution in [3.8, 4) is 0 Å². The van der Waals surface area contributed by atoms with Crippen LogP contribution in [0.5, 0.6) is 0 Å². The molecule has 0 bridgehead atoms. The second-order valence-electron chi connectivity index (χ2n) is 6.10. The van der Waals surface area contributed by atoms with E-state index < -0.39 is 6.43 Å². The number of rotatable bonds is 6. The van der Waals surface area contributed by atoms with E-state index >= 15 is 0 Å². The SMILES string of the molecule is Cc1ccc(Cn2ccc(NC(=O)Cn3nc(C(F)F)cc3C)n2)cc1. The van der Waals surface area contributed by atoms with Gasteiger partial charge in [-0.1, -0.05) is 29.8 Å². The summed E-state index contributed by atoms with van der Waals surface area (Å²) >= 11 is 0. The standard InChI is InChI=1S/C18H19F2N5O/c1-12-3-5-14(6-4-12)10-24-8-7-16(23-24)21-17(26)11-25-13(2)9-15(22-25)18(19)20/h3-9,18H,10-11H2,1-2H3,(H,21,23,26). The number of nitrogens with zero attached hydrogens (tertiary/aromatic N) is 4. The van der Waals surface area contributed by atoms with Crippen molar-refractivity contribution >= 4 is 11.7 Å². The summed E-state index contributed by atoms with van der Waals surface area (Å²) in [6.07, 6.45) is -0.890. The van der Waals surface area contributed by atoms with Crippen molar-refractivity contribution in [3.05, 3.63) is 65.1 Å². The van der Waals surface area contributed by atoms with Gasteiger partial charge in [-0.25, -0.2) is 8.78 Å². The van der Waals surface area contributed by atoms with Crippen LogP contribution in [0.2, 0.25) is 0 Å². The van der Waals surface area contributed by atoms with Crippen LogP contribution in [-0.2, 0) is 17.9 Å². The Morgan fingerprint density at radius 1 is 1.15 bits per heavy atom. The van der Waals surface area contributed by atoms with Crippen molar-refractivity contribution in [1.29, 1.82) is 0 Å². The van der Waals surface area contributed by atoms with Gasteiger partial charge >= 0.3 is 0 Å². The van der Waals surface area contributed by atoms with Gasteiger partial charge in [-0.3, -0.25) is 14.2 Å². The fourth-order valence-corrected chi connectivity index (χ4v) is 2.52. The van der Waals surface area contributed by atoms with Crippen molar-refractivity contribution in [2.75, 3.05) is 5.32 Å². The first-order chi connectivity index (χ1) is 12.4. The minimum atomic E-state index is -2.66. The fraction of sp³-hybridized carbons (Fsp3) is 0.278. The van der Waals surface area contributed by atoms with Gasteiger partial charge in [0.2, 0.25) is 5.91 Å². The molecule has 6 nitrogen and oxygen atoms in total. The van der Waals surface area contributed by atoms with Crippen LogP contribution < -0.4 is 5.32 Å². The van der Waals surface area contributed by atoms with Gasteiger partial charge in [-0.2, -0.15) is 10.2 Å². The van der Waals surface area contributed by atoms with Crippen molar-refractivity contribution in [3.63, 3.8) is 0 Å². The van der Waals surface area contributed by atoms with E-state index in [1.807, 2.05) is 31.2 Å². The third kappa shape index (κ3) is 4.33. The second-order valence-corrected chi connectivity index (χ2v) is 6.10. The Balaban J connectivity index is 1.60. The lowest BCUT2D eigenvalue weighted by molar-refractivity contribution is -0.117. The molecule has 0 aliphatic carbocycles. The number of carbonyl (C=O) groups excluding carboxylic acids is 1. The number of aromatic nitrogens is 4. The second kappa shape index (κ2) is 7.47. The number of nitrogens with one attached hydrogen (secondary N) is 1. The van der Waals surface area contributed by atoms with Gasteiger partial charge in [-0.05, 0) is 25.5 Å². The Bertz CT molecular complexity index is 899. The normalized spacial score (nSPS) is 11.1. The lowest BCUT2D eigenvalue weighted by Crippen LogP contribution is -2.20. The summed E-state index contributed by atoms with van der Waals surface area (Å²) in [6.45, 7) is 4.09. The van der Waals surface area contributed by atoms with Crippen molar-refractivity contribution < 1.29 is 13.6 Å². The quantitative estimate of drug-likeness (QED) is 0.734. The van der Waals surface area contributed by atoms with E-state index in [0.29, 0.717) is 18.1 Å². The zero-order valence-corrected chi connectivity index (χ0v) is 14.5. The summed E-state index contributed by atoms with van der Waals surface area (Å²) < 4.78 is 28.3. The number of hydrogen-bond acceptors (Lipinski definition) is 3. The smallest absolute Gasteiger partial charge is 0.282 e. The molecule has 0 fully saturated rings. The molecule has 136 valence electrons. The monoisotopic (exact) mass is 359 g/mol. The average Bonchev–Trinajstić information content (AvgIpc) is 3.17. The molecule has 0 saturated heterocycles. The van der Waals surface area contributed by atoms with E-state index in [9.17, 15) is 13.6 Å². The third-order valence-corrected chi connectivity index (χ3v) is 3.89. The summed E-state index contributed by atoms with van der Waals surface area (Å²) in [7, 11) is 0. The first-order valence-electron chi connectivity index (χ1n) is 8.12. The van der Waals surface area contributed by atoms with Gasteiger partial charge in [0.15, 0.2) is 5.82 Å². The molecule has 0 unspecified atom stereocenters. The summed E-state index contributed by atoms with van der Waals surface area (Å²) in [4.78, 5) is 12.1. The van der Waals surface area contributed by atoms with E-state index in [-0.39, 0.29) is 18.1 Å². The minimum Gasteiger partial charge on any atom is -0.308 e. The molecule has 0 radical (unpaired) electrons. The van der Waals surface area contributed by atoms with Crippen molar-refractivity contribution in [1.82, 2.24) is 19.6 Å². The summed E-state index contributed by atoms with van der Waals surface area (Å²) in [5.74, 6) is 0.0265. The van der Waals surface area contributed by atoms with E-state index in [1.54, 1.807) is 23.9 Å². The number of benzene rings is 1. The molecular formula is C18H19F2N5O. The molecule has 0 atom stereocenters. The van der Waals surface area contributed by atoms with Crippen LogP contribution in [-0.4, -0.2) is 25.5 Å². The Morgan fingerprint density at radius 3 is 2.54 bits per heavy atom. The van der Waals surface area contributed by atoms with Crippen LogP contribution in [0.3, 0.4) is 0 Å². The lowest BCUT2D eigenvalue weighted by atomic mass is 10.1. The number of aryl methyl sites for hydroxylation is 2. The molecule has 26 heavy (non-hydrogen) atoms. The fourth-order valence-electron chi connectivity index (χ4n) is 2.52. The molecule has 0 aliphatic rings. The first kappa shape index (κ1) is 17.8. The number of amides is 1. The number of alkyl halides is 2. The van der Waals surface area contributed by atoms with Crippen LogP contribution in [0, 0.1) is 13.8 Å². The maximum atomic E-state index is 12.7. The van der Waals surface area contributed by atoms with Gasteiger partial charge in [0.25, 0.3) is 6.43 Å². The summed E-state index contributed by atoms with van der Waals surface area (Å²) in [6, 6.07) is 11.1. The molecule has 8 heteroatoms. The van der Waals surface area contributed by atoms with Gasteiger partial charge in [0.05, 0.1) is 6.54 Å². The maximum Gasteiger partial charge on any atom is 0.282 e. The molecule has 0 saturated carbocycles. The van der Waals surface area contributed by atoms with Gasteiger partial charge < -0.3 is 5.32 Å².